The SMILES string of the molecule is COc1ccc(O)c(-c2cncc(C#N)c2)c1. The van der Waals surface area contributed by atoms with Gasteiger partial charge in [0.1, 0.15) is 17.6 Å². The molecular weight excluding hydrogens is 216 g/mol. The number of aromatic nitrogens is 1. The highest BCUT2D eigenvalue weighted by Crippen LogP contribution is 2.32. The van der Waals surface area contributed by atoms with Gasteiger partial charge in [-0.3, -0.25) is 4.98 Å². The highest BCUT2D eigenvalue weighted by atomic mass is 16.5. The number of aromatic hydroxyl groups is 1. The van der Waals surface area contributed by atoms with Crippen molar-refractivity contribution >= 4 is 0 Å². The summed E-state index contributed by atoms with van der Waals surface area (Å²) in [6.07, 6.45) is 3.07. The predicted molar refractivity (Wildman–Crippen MR) is 62.6 cm³/mol. The fourth-order valence-corrected chi connectivity index (χ4v) is 1.52. The van der Waals surface area contributed by atoms with E-state index in [1.807, 2.05) is 6.07 Å². The summed E-state index contributed by atoms with van der Waals surface area (Å²) in [6.45, 7) is 0. The Morgan fingerprint density at radius 3 is 2.82 bits per heavy atom. The molecule has 1 aromatic heterocycles. The summed E-state index contributed by atoms with van der Waals surface area (Å²) in [5.41, 5.74) is 1.72. The first kappa shape index (κ1) is 11.0. The lowest BCUT2D eigenvalue weighted by atomic mass is 10.0. The highest BCUT2D eigenvalue weighted by Gasteiger charge is 2.07. The first-order valence-corrected chi connectivity index (χ1v) is 4.97. The molecular formula is C13H10N2O2. The van der Waals surface area contributed by atoms with E-state index in [4.69, 9.17) is 10.00 Å². The second-order valence-electron chi connectivity index (χ2n) is 3.46. The van der Waals surface area contributed by atoms with Gasteiger partial charge in [0.15, 0.2) is 0 Å². The lowest BCUT2D eigenvalue weighted by molar-refractivity contribution is 0.412. The Bertz CT molecular complexity index is 588. The topological polar surface area (TPSA) is 66.1 Å². The summed E-state index contributed by atoms with van der Waals surface area (Å²) in [6, 6.07) is 8.60. The van der Waals surface area contributed by atoms with Gasteiger partial charge in [0, 0.05) is 23.5 Å². The van der Waals surface area contributed by atoms with Gasteiger partial charge in [0.05, 0.1) is 12.7 Å². The number of pyridine rings is 1. The third-order valence-electron chi connectivity index (χ3n) is 2.38. The van der Waals surface area contributed by atoms with Crippen LogP contribution in [0.2, 0.25) is 0 Å². The number of rotatable bonds is 2. The molecule has 0 aliphatic heterocycles. The Hall–Kier alpha value is -2.54. The summed E-state index contributed by atoms with van der Waals surface area (Å²) >= 11 is 0. The lowest BCUT2D eigenvalue weighted by Crippen LogP contribution is -1.87. The Labute approximate surface area is 98.7 Å². The minimum Gasteiger partial charge on any atom is -0.507 e. The summed E-state index contributed by atoms with van der Waals surface area (Å²) in [5, 5.41) is 18.6. The van der Waals surface area contributed by atoms with Crippen molar-refractivity contribution in [2.24, 2.45) is 0 Å². The molecule has 0 fully saturated rings. The van der Waals surface area contributed by atoms with Gasteiger partial charge in [-0.05, 0) is 24.3 Å². The first-order chi connectivity index (χ1) is 8.24. The predicted octanol–water partition coefficient (Wildman–Crippen LogP) is 2.33. The third-order valence-corrected chi connectivity index (χ3v) is 2.38. The fraction of sp³-hybridized carbons (Fsp3) is 0.0769. The standard InChI is InChI=1S/C13H10N2O2/c1-17-11-2-3-13(16)12(5-11)10-4-9(6-14)7-15-8-10/h2-5,7-8,16H,1H3. The molecule has 1 aromatic carbocycles. The minimum atomic E-state index is 0.127. The van der Waals surface area contributed by atoms with Gasteiger partial charge in [-0.2, -0.15) is 5.26 Å². The van der Waals surface area contributed by atoms with Crippen LogP contribution in [0.5, 0.6) is 11.5 Å². The molecule has 0 aliphatic carbocycles. The van der Waals surface area contributed by atoms with Gasteiger partial charge < -0.3 is 9.84 Å². The van der Waals surface area contributed by atoms with Crippen molar-refractivity contribution < 1.29 is 9.84 Å². The van der Waals surface area contributed by atoms with E-state index in [-0.39, 0.29) is 5.75 Å². The Balaban J connectivity index is 2.55. The fourth-order valence-electron chi connectivity index (χ4n) is 1.52. The van der Waals surface area contributed by atoms with Crippen LogP contribution in [0.1, 0.15) is 5.56 Å². The summed E-state index contributed by atoms with van der Waals surface area (Å²) in [4.78, 5) is 3.95. The quantitative estimate of drug-likeness (QED) is 0.853. The first-order valence-electron chi connectivity index (χ1n) is 4.97. The number of nitriles is 1. The minimum absolute atomic E-state index is 0.127. The van der Waals surface area contributed by atoms with Crippen molar-refractivity contribution in [2.45, 2.75) is 0 Å². The maximum Gasteiger partial charge on any atom is 0.123 e. The van der Waals surface area contributed by atoms with E-state index < -0.39 is 0 Å². The van der Waals surface area contributed by atoms with E-state index in [1.165, 1.54) is 6.20 Å². The zero-order valence-corrected chi connectivity index (χ0v) is 9.21. The molecule has 84 valence electrons. The molecule has 0 amide bonds. The van der Waals surface area contributed by atoms with Crippen LogP contribution in [0.3, 0.4) is 0 Å². The van der Waals surface area contributed by atoms with Crippen LogP contribution in [0.4, 0.5) is 0 Å². The van der Waals surface area contributed by atoms with Crippen molar-refractivity contribution in [3.8, 4) is 28.7 Å². The number of hydrogen-bond acceptors (Lipinski definition) is 4. The van der Waals surface area contributed by atoms with Gasteiger partial charge in [-0.25, -0.2) is 0 Å². The molecule has 0 bridgehead atoms. The Morgan fingerprint density at radius 1 is 1.29 bits per heavy atom. The number of nitrogens with zero attached hydrogens (tertiary/aromatic N) is 2. The normalized spacial score (nSPS) is 9.65. The zero-order valence-electron chi connectivity index (χ0n) is 9.21. The van der Waals surface area contributed by atoms with Crippen LogP contribution < -0.4 is 4.74 Å². The van der Waals surface area contributed by atoms with Crippen LogP contribution in [0.25, 0.3) is 11.1 Å². The lowest BCUT2D eigenvalue weighted by Gasteiger charge is -2.07. The van der Waals surface area contributed by atoms with Crippen molar-refractivity contribution in [1.82, 2.24) is 4.98 Å². The molecule has 0 spiro atoms. The molecule has 0 saturated heterocycles. The largest absolute Gasteiger partial charge is 0.507 e. The monoisotopic (exact) mass is 226 g/mol. The second-order valence-corrected chi connectivity index (χ2v) is 3.46. The van der Waals surface area contributed by atoms with Crippen LogP contribution in [-0.2, 0) is 0 Å². The molecule has 0 saturated carbocycles. The zero-order chi connectivity index (χ0) is 12.3. The van der Waals surface area contributed by atoms with E-state index in [2.05, 4.69) is 4.98 Å². The van der Waals surface area contributed by atoms with Crippen molar-refractivity contribution in [3.63, 3.8) is 0 Å². The van der Waals surface area contributed by atoms with E-state index in [1.54, 1.807) is 37.6 Å². The molecule has 1 heterocycles. The summed E-state index contributed by atoms with van der Waals surface area (Å²) in [7, 11) is 1.56. The van der Waals surface area contributed by atoms with Gasteiger partial charge in [0.25, 0.3) is 0 Å². The summed E-state index contributed by atoms with van der Waals surface area (Å²) in [5.74, 6) is 0.767. The number of phenols is 1. The van der Waals surface area contributed by atoms with Crippen LogP contribution in [-0.4, -0.2) is 17.2 Å². The average Bonchev–Trinajstić information content (AvgIpc) is 2.39. The van der Waals surface area contributed by atoms with Crippen LogP contribution >= 0.6 is 0 Å². The van der Waals surface area contributed by atoms with E-state index >= 15 is 0 Å². The van der Waals surface area contributed by atoms with Crippen molar-refractivity contribution in [3.05, 3.63) is 42.2 Å². The molecule has 2 aromatic rings. The van der Waals surface area contributed by atoms with Gasteiger partial charge >= 0.3 is 0 Å². The Kier molecular flexibility index (Phi) is 2.93. The average molecular weight is 226 g/mol. The number of benzene rings is 1. The van der Waals surface area contributed by atoms with Gasteiger partial charge in [-0.15, -0.1) is 0 Å². The molecule has 4 heteroatoms. The highest BCUT2D eigenvalue weighted by molar-refractivity contribution is 5.71. The number of phenolic OH excluding ortho intramolecular Hbond substituents is 1. The molecule has 4 nitrogen and oxygen atoms in total. The molecule has 2 rings (SSSR count). The number of methoxy groups -OCH3 is 1. The second kappa shape index (κ2) is 4.54. The van der Waals surface area contributed by atoms with E-state index in [0.29, 0.717) is 22.4 Å². The molecule has 0 radical (unpaired) electrons. The third kappa shape index (κ3) is 2.18. The van der Waals surface area contributed by atoms with Gasteiger partial charge in [-0.1, -0.05) is 0 Å². The van der Waals surface area contributed by atoms with Crippen LogP contribution in [0, 0.1) is 11.3 Å². The van der Waals surface area contributed by atoms with Crippen molar-refractivity contribution in [2.75, 3.05) is 7.11 Å². The Morgan fingerprint density at radius 2 is 2.12 bits per heavy atom. The maximum absolute atomic E-state index is 9.78. The molecule has 1 N–H and O–H groups in total. The molecule has 0 unspecified atom stereocenters. The summed E-state index contributed by atoms with van der Waals surface area (Å²) < 4.78 is 5.09. The number of hydrogen-bond donors (Lipinski definition) is 1. The smallest absolute Gasteiger partial charge is 0.123 e. The maximum atomic E-state index is 9.78. The molecule has 0 aliphatic rings. The molecule has 17 heavy (non-hydrogen) atoms. The van der Waals surface area contributed by atoms with E-state index in [0.717, 1.165) is 0 Å². The van der Waals surface area contributed by atoms with E-state index in [9.17, 15) is 5.11 Å². The van der Waals surface area contributed by atoms with Crippen LogP contribution in [0.15, 0.2) is 36.7 Å². The number of ether oxygens (including phenoxy) is 1. The van der Waals surface area contributed by atoms with Gasteiger partial charge in [0.2, 0.25) is 0 Å². The molecule has 0 atom stereocenters. The van der Waals surface area contributed by atoms with Crippen molar-refractivity contribution in [1.29, 1.82) is 5.26 Å².